The van der Waals surface area contributed by atoms with Crippen LogP contribution in [-0.2, 0) is 10.3 Å². The number of hydrogen-bond acceptors (Lipinski definition) is 3. The maximum absolute atomic E-state index is 12.1. The predicted molar refractivity (Wildman–Crippen MR) is 73.7 cm³/mol. The van der Waals surface area contributed by atoms with Crippen molar-refractivity contribution in [2.24, 2.45) is 11.7 Å². The number of anilines is 1. The Labute approximate surface area is 113 Å². The van der Waals surface area contributed by atoms with Crippen molar-refractivity contribution >= 4 is 11.7 Å². The Morgan fingerprint density at radius 3 is 2.68 bits per heavy atom. The summed E-state index contributed by atoms with van der Waals surface area (Å²) < 4.78 is 1.99. The minimum absolute atomic E-state index is 0.0866. The maximum Gasteiger partial charge on any atom is 0.228 e. The van der Waals surface area contributed by atoms with Gasteiger partial charge in [-0.1, -0.05) is 0 Å². The Kier molecular flexibility index (Phi) is 3.38. The molecule has 0 bridgehead atoms. The molecule has 1 amide bonds. The maximum atomic E-state index is 12.1. The van der Waals surface area contributed by atoms with Gasteiger partial charge in [0.05, 0.1) is 5.56 Å². The Morgan fingerprint density at radius 2 is 2.21 bits per heavy atom. The van der Waals surface area contributed by atoms with E-state index in [-0.39, 0.29) is 17.4 Å². The van der Waals surface area contributed by atoms with E-state index in [0.29, 0.717) is 25.1 Å². The van der Waals surface area contributed by atoms with Gasteiger partial charge in [0.25, 0.3) is 0 Å². The third-order valence-corrected chi connectivity index (χ3v) is 3.47. The Hall–Kier alpha value is -1.80. The average molecular weight is 260 g/mol. The van der Waals surface area contributed by atoms with E-state index in [4.69, 9.17) is 11.0 Å². The lowest BCUT2D eigenvalue weighted by Crippen LogP contribution is -2.32. The molecular formula is C14H20N4O. The molecule has 1 aromatic heterocycles. The van der Waals surface area contributed by atoms with Gasteiger partial charge in [-0.2, -0.15) is 5.26 Å². The van der Waals surface area contributed by atoms with Crippen LogP contribution in [0.2, 0.25) is 0 Å². The van der Waals surface area contributed by atoms with Crippen molar-refractivity contribution in [2.75, 3.05) is 18.0 Å². The van der Waals surface area contributed by atoms with Crippen LogP contribution in [0.3, 0.4) is 0 Å². The first kappa shape index (κ1) is 13.6. The highest BCUT2D eigenvalue weighted by Gasteiger charge is 2.33. The summed E-state index contributed by atoms with van der Waals surface area (Å²) >= 11 is 0. The topological polar surface area (TPSA) is 75.1 Å². The summed E-state index contributed by atoms with van der Waals surface area (Å²) in [5.74, 6) is 1.09. The average Bonchev–Trinajstić information content (AvgIpc) is 2.91. The zero-order chi connectivity index (χ0) is 14.2. The van der Waals surface area contributed by atoms with E-state index in [0.717, 1.165) is 5.82 Å². The van der Waals surface area contributed by atoms with Crippen LogP contribution in [0.4, 0.5) is 5.82 Å². The molecule has 1 aliphatic heterocycles. The molecule has 0 radical (unpaired) electrons. The van der Waals surface area contributed by atoms with Crippen molar-refractivity contribution in [3.05, 3.63) is 17.8 Å². The lowest BCUT2D eigenvalue weighted by Gasteiger charge is -2.28. The van der Waals surface area contributed by atoms with E-state index in [1.807, 2.05) is 4.57 Å². The lowest BCUT2D eigenvalue weighted by atomic mass is 10.1. The van der Waals surface area contributed by atoms with Gasteiger partial charge in [0.2, 0.25) is 5.91 Å². The van der Waals surface area contributed by atoms with E-state index >= 15 is 0 Å². The number of nitrogens with zero attached hydrogens (tertiary/aromatic N) is 3. The van der Waals surface area contributed by atoms with Gasteiger partial charge in [0.1, 0.15) is 11.9 Å². The van der Waals surface area contributed by atoms with Gasteiger partial charge in [-0.15, -0.1) is 0 Å². The van der Waals surface area contributed by atoms with Crippen LogP contribution in [0.25, 0.3) is 0 Å². The summed E-state index contributed by atoms with van der Waals surface area (Å²) in [6.45, 7) is 7.32. The van der Waals surface area contributed by atoms with Crippen molar-refractivity contribution in [1.29, 1.82) is 5.26 Å². The highest BCUT2D eigenvalue weighted by atomic mass is 16.2. The highest BCUT2D eigenvalue weighted by Crippen LogP contribution is 2.31. The molecule has 5 nitrogen and oxygen atoms in total. The van der Waals surface area contributed by atoms with Gasteiger partial charge < -0.3 is 10.3 Å². The highest BCUT2D eigenvalue weighted by molar-refractivity contribution is 5.95. The summed E-state index contributed by atoms with van der Waals surface area (Å²) in [4.78, 5) is 13.8. The van der Waals surface area contributed by atoms with Gasteiger partial charge in [-0.3, -0.25) is 9.69 Å². The van der Waals surface area contributed by atoms with Crippen molar-refractivity contribution in [2.45, 2.75) is 32.7 Å². The number of aromatic nitrogens is 1. The normalized spacial score (nSPS) is 19.8. The third kappa shape index (κ3) is 2.49. The van der Waals surface area contributed by atoms with Crippen LogP contribution in [0.1, 0.15) is 32.8 Å². The molecule has 102 valence electrons. The first-order valence-electron chi connectivity index (χ1n) is 6.50. The lowest BCUT2D eigenvalue weighted by molar-refractivity contribution is -0.117. The van der Waals surface area contributed by atoms with E-state index < -0.39 is 0 Å². The van der Waals surface area contributed by atoms with Crippen LogP contribution < -0.4 is 10.6 Å². The van der Waals surface area contributed by atoms with E-state index in [9.17, 15) is 4.79 Å². The van der Waals surface area contributed by atoms with Gasteiger partial charge in [-0.25, -0.2) is 0 Å². The van der Waals surface area contributed by atoms with Gasteiger partial charge in [-0.05, 0) is 39.3 Å². The molecular weight excluding hydrogens is 240 g/mol. The summed E-state index contributed by atoms with van der Waals surface area (Å²) in [5.41, 5.74) is 6.06. The molecule has 1 fully saturated rings. The molecule has 1 aromatic rings. The molecule has 1 saturated heterocycles. The van der Waals surface area contributed by atoms with Crippen molar-refractivity contribution < 1.29 is 4.79 Å². The molecule has 0 saturated carbocycles. The summed E-state index contributed by atoms with van der Waals surface area (Å²) in [7, 11) is 0. The molecule has 0 aromatic carbocycles. The van der Waals surface area contributed by atoms with E-state index in [2.05, 4.69) is 26.8 Å². The fourth-order valence-electron chi connectivity index (χ4n) is 2.42. The Bertz CT molecular complexity index is 533. The molecule has 2 rings (SSSR count). The zero-order valence-electron chi connectivity index (χ0n) is 11.7. The molecule has 19 heavy (non-hydrogen) atoms. The summed E-state index contributed by atoms with van der Waals surface area (Å²) in [5, 5.41) is 9.06. The second kappa shape index (κ2) is 4.71. The predicted octanol–water partition coefficient (Wildman–Crippen LogP) is 1.43. The van der Waals surface area contributed by atoms with Crippen molar-refractivity contribution in [3.63, 3.8) is 0 Å². The molecule has 1 unspecified atom stereocenters. The quantitative estimate of drug-likeness (QED) is 0.874. The molecule has 5 heteroatoms. The zero-order valence-corrected chi connectivity index (χ0v) is 11.7. The Morgan fingerprint density at radius 1 is 1.53 bits per heavy atom. The number of amides is 1. The number of carbonyl (C=O) groups is 1. The van der Waals surface area contributed by atoms with Gasteiger partial charge in [0.15, 0.2) is 0 Å². The van der Waals surface area contributed by atoms with E-state index in [1.165, 1.54) is 0 Å². The number of hydrogen-bond donors (Lipinski definition) is 1. The summed E-state index contributed by atoms with van der Waals surface area (Å²) in [6.07, 6.45) is 2.30. The van der Waals surface area contributed by atoms with Crippen LogP contribution in [0.5, 0.6) is 0 Å². The second-order valence-electron chi connectivity index (χ2n) is 6.05. The fourth-order valence-corrected chi connectivity index (χ4v) is 2.42. The van der Waals surface area contributed by atoms with Crippen LogP contribution in [0, 0.1) is 17.2 Å². The van der Waals surface area contributed by atoms with Crippen molar-refractivity contribution in [3.8, 4) is 6.07 Å². The van der Waals surface area contributed by atoms with Gasteiger partial charge >= 0.3 is 0 Å². The SMILES string of the molecule is CC(C)(C)n1cc(C#N)cc1N1CC(CN)CC1=O. The van der Waals surface area contributed by atoms with Crippen LogP contribution >= 0.6 is 0 Å². The number of rotatable bonds is 2. The number of nitrogens with two attached hydrogens (primary N) is 1. The molecule has 0 aliphatic carbocycles. The third-order valence-electron chi connectivity index (χ3n) is 3.47. The number of nitriles is 1. The molecule has 1 aliphatic rings. The first-order chi connectivity index (χ1) is 8.86. The van der Waals surface area contributed by atoms with E-state index in [1.54, 1.807) is 17.2 Å². The molecule has 1 atom stereocenters. The Balaban J connectivity index is 2.42. The fraction of sp³-hybridized carbons (Fsp3) is 0.571. The van der Waals surface area contributed by atoms with Gasteiger partial charge in [0, 0.05) is 24.7 Å². The van der Waals surface area contributed by atoms with Crippen LogP contribution in [0.15, 0.2) is 12.3 Å². The summed E-state index contributed by atoms with van der Waals surface area (Å²) in [6, 6.07) is 3.92. The minimum Gasteiger partial charge on any atom is -0.330 e. The smallest absolute Gasteiger partial charge is 0.228 e. The van der Waals surface area contributed by atoms with Crippen molar-refractivity contribution in [1.82, 2.24) is 4.57 Å². The minimum atomic E-state index is -0.175. The number of carbonyl (C=O) groups excluding carboxylic acids is 1. The largest absolute Gasteiger partial charge is 0.330 e. The van der Waals surface area contributed by atoms with Crippen LogP contribution in [-0.4, -0.2) is 23.6 Å². The molecule has 2 heterocycles. The monoisotopic (exact) mass is 260 g/mol. The molecule has 0 spiro atoms. The second-order valence-corrected chi connectivity index (χ2v) is 6.05. The first-order valence-corrected chi connectivity index (χ1v) is 6.50. The standard InChI is InChI=1S/C14H20N4O/c1-14(2,3)18-9-10(6-15)4-12(18)17-8-11(7-16)5-13(17)19/h4,9,11H,5,7-8,16H2,1-3H3. The molecule has 2 N–H and O–H groups in total.